The Kier molecular flexibility index (Phi) is 6.18. The van der Waals surface area contributed by atoms with Crippen molar-refractivity contribution >= 4 is 21.6 Å². The Balaban J connectivity index is 1.87. The van der Waals surface area contributed by atoms with Crippen molar-refractivity contribution in [2.24, 2.45) is 0 Å². The smallest absolute Gasteiger partial charge is 0.276 e. The molecule has 0 aliphatic carbocycles. The standard InChI is InChI=1S/C20H21FN4O4S/c1-3-24(4-2)30(28,29)14-9-10-19(26)17(13-14)22-20(27)16-11-12-25(23-16)18-8-6-5-7-15(18)21/h5-13,26H,3-4H2,1-2H3,(H,22,27). The maximum absolute atomic E-state index is 13.9. The van der Waals surface area contributed by atoms with Crippen molar-refractivity contribution in [2.75, 3.05) is 18.4 Å². The number of para-hydroxylation sites is 1. The molecule has 2 N–H and O–H groups in total. The Labute approximate surface area is 173 Å². The number of carbonyl (C=O) groups excluding carboxylic acids is 1. The molecule has 0 spiro atoms. The van der Waals surface area contributed by atoms with Crippen LogP contribution in [-0.4, -0.2) is 46.6 Å². The molecule has 0 aliphatic rings. The number of phenols is 1. The number of hydrogen-bond donors (Lipinski definition) is 2. The summed E-state index contributed by atoms with van der Waals surface area (Å²) in [5, 5.41) is 16.6. The van der Waals surface area contributed by atoms with Crippen molar-refractivity contribution in [3.63, 3.8) is 0 Å². The van der Waals surface area contributed by atoms with Gasteiger partial charge in [-0.15, -0.1) is 0 Å². The van der Waals surface area contributed by atoms with Crippen LogP contribution in [0.1, 0.15) is 24.3 Å². The maximum atomic E-state index is 13.9. The molecule has 8 nitrogen and oxygen atoms in total. The van der Waals surface area contributed by atoms with E-state index in [2.05, 4.69) is 10.4 Å². The second-order valence-electron chi connectivity index (χ2n) is 6.32. The number of halogens is 1. The molecule has 3 rings (SSSR count). The molecule has 10 heteroatoms. The number of benzene rings is 2. The fourth-order valence-corrected chi connectivity index (χ4v) is 4.38. The summed E-state index contributed by atoms with van der Waals surface area (Å²) in [7, 11) is -3.77. The Morgan fingerprint density at radius 2 is 1.87 bits per heavy atom. The molecule has 1 amide bonds. The van der Waals surface area contributed by atoms with Crippen LogP contribution in [0.5, 0.6) is 5.75 Å². The van der Waals surface area contributed by atoms with E-state index in [1.807, 2.05) is 0 Å². The number of sulfonamides is 1. The van der Waals surface area contributed by atoms with Gasteiger partial charge in [0.2, 0.25) is 10.0 Å². The Hall–Kier alpha value is -3.24. The van der Waals surface area contributed by atoms with E-state index in [0.717, 1.165) is 0 Å². The van der Waals surface area contributed by atoms with Gasteiger partial charge >= 0.3 is 0 Å². The van der Waals surface area contributed by atoms with Crippen LogP contribution in [0.15, 0.2) is 59.6 Å². The first-order chi connectivity index (χ1) is 14.3. The van der Waals surface area contributed by atoms with Crippen molar-refractivity contribution in [3.8, 4) is 11.4 Å². The number of nitrogens with zero attached hydrogens (tertiary/aromatic N) is 3. The third kappa shape index (κ3) is 4.19. The summed E-state index contributed by atoms with van der Waals surface area (Å²) in [6.45, 7) is 4.01. The summed E-state index contributed by atoms with van der Waals surface area (Å²) < 4.78 is 41.8. The summed E-state index contributed by atoms with van der Waals surface area (Å²) >= 11 is 0. The van der Waals surface area contributed by atoms with Crippen molar-refractivity contribution < 1.29 is 22.7 Å². The van der Waals surface area contributed by atoms with Gasteiger partial charge in [0.15, 0.2) is 5.69 Å². The van der Waals surface area contributed by atoms with Gasteiger partial charge in [0, 0.05) is 19.3 Å². The van der Waals surface area contributed by atoms with Gasteiger partial charge in [-0.3, -0.25) is 4.79 Å². The van der Waals surface area contributed by atoms with Crippen LogP contribution in [0.2, 0.25) is 0 Å². The predicted octanol–water partition coefficient (Wildman–Crippen LogP) is 3.00. The third-order valence-electron chi connectivity index (χ3n) is 4.48. The summed E-state index contributed by atoms with van der Waals surface area (Å²) in [4.78, 5) is 12.5. The van der Waals surface area contributed by atoms with E-state index >= 15 is 0 Å². The third-order valence-corrected chi connectivity index (χ3v) is 6.53. The van der Waals surface area contributed by atoms with Gasteiger partial charge < -0.3 is 10.4 Å². The lowest BCUT2D eigenvalue weighted by Gasteiger charge is -2.19. The summed E-state index contributed by atoms with van der Waals surface area (Å²) in [5.41, 5.74) is 0.0649. The molecule has 0 unspecified atom stereocenters. The van der Waals surface area contributed by atoms with Crippen molar-refractivity contribution in [2.45, 2.75) is 18.7 Å². The quantitative estimate of drug-likeness (QED) is 0.559. The number of rotatable bonds is 7. The van der Waals surface area contributed by atoms with Crippen LogP contribution < -0.4 is 5.32 Å². The molecule has 0 aliphatic heterocycles. The molecule has 158 valence electrons. The summed E-state index contributed by atoms with van der Waals surface area (Å²) in [6, 6.07) is 11.0. The summed E-state index contributed by atoms with van der Waals surface area (Å²) in [6.07, 6.45) is 1.43. The van der Waals surface area contributed by atoms with Gasteiger partial charge in [0.05, 0.1) is 10.6 Å². The van der Waals surface area contributed by atoms with E-state index in [-0.39, 0.29) is 40.8 Å². The lowest BCUT2D eigenvalue weighted by atomic mass is 10.3. The van der Waals surface area contributed by atoms with E-state index in [0.29, 0.717) is 0 Å². The van der Waals surface area contributed by atoms with Gasteiger partial charge in [0.25, 0.3) is 5.91 Å². The minimum atomic E-state index is -3.77. The average molecular weight is 432 g/mol. The van der Waals surface area contributed by atoms with Crippen LogP contribution in [0.3, 0.4) is 0 Å². The highest BCUT2D eigenvalue weighted by Gasteiger charge is 2.23. The van der Waals surface area contributed by atoms with Gasteiger partial charge in [-0.25, -0.2) is 17.5 Å². The topological polar surface area (TPSA) is 105 Å². The molecule has 0 saturated heterocycles. The highest BCUT2D eigenvalue weighted by molar-refractivity contribution is 7.89. The number of phenolic OH excluding ortho intramolecular Hbond substituents is 1. The lowest BCUT2D eigenvalue weighted by Crippen LogP contribution is -2.30. The normalized spacial score (nSPS) is 11.6. The molecule has 0 saturated carbocycles. The number of nitrogens with one attached hydrogen (secondary N) is 1. The number of aromatic hydroxyl groups is 1. The second-order valence-corrected chi connectivity index (χ2v) is 8.26. The molecule has 0 fully saturated rings. The predicted molar refractivity (Wildman–Crippen MR) is 110 cm³/mol. The molecular formula is C20H21FN4O4S. The average Bonchev–Trinajstić information content (AvgIpc) is 3.20. The molecule has 0 atom stereocenters. The fourth-order valence-electron chi connectivity index (χ4n) is 2.89. The maximum Gasteiger partial charge on any atom is 0.276 e. The van der Waals surface area contributed by atoms with Crippen molar-refractivity contribution in [1.82, 2.24) is 14.1 Å². The molecule has 3 aromatic rings. The largest absolute Gasteiger partial charge is 0.506 e. The first-order valence-electron chi connectivity index (χ1n) is 9.23. The summed E-state index contributed by atoms with van der Waals surface area (Å²) in [5.74, 6) is -1.48. The van der Waals surface area contributed by atoms with Crippen LogP contribution in [-0.2, 0) is 10.0 Å². The Morgan fingerprint density at radius 3 is 2.53 bits per heavy atom. The second kappa shape index (κ2) is 8.64. The van der Waals surface area contributed by atoms with Crippen molar-refractivity contribution in [1.29, 1.82) is 0 Å². The number of carbonyl (C=O) groups is 1. The van der Waals surface area contributed by atoms with Gasteiger partial charge in [-0.05, 0) is 36.4 Å². The SMILES string of the molecule is CCN(CC)S(=O)(=O)c1ccc(O)c(NC(=O)c2ccn(-c3ccccc3F)n2)c1. The van der Waals surface area contributed by atoms with E-state index in [1.54, 1.807) is 19.9 Å². The first kappa shape index (κ1) is 21.5. The molecule has 1 aromatic heterocycles. The highest BCUT2D eigenvalue weighted by atomic mass is 32.2. The van der Waals surface area contributed by atoms with Crippen molar-refractivity contribution in [3.05, 3.63) is 66.2 Å². The van der Waals surface area contributed by atoms with Crippen LogP contribution >= 0.6 is 0 Å². The van der Waals surface area contributed by atoms with Gasteiger partial charge in [0.1, 0.15) is 17.3 Å². The molecule has 0 bridgehead atoms. The van der Waals surface area contributed by atoms with Crippen LogP contribution in [0, 0.1) is 5.82 Å². The Bertz CT molecular complexity index is 1170. The minimum Gasteiger partial charge on any atom is -0.506 e. The van der Waals surface area contributed by atoms with E-state index in [4.69, 9.17) is 0 Å². The Morgan fingerprint density at radius 1 is 1.17 bits per heavy atom. The molecule has 30 heavy (non-hydrogen) atoms. The number of amides is 1. The molecule has 1 heterocycles. The van der Waals surface area contributed by atoms with Crippen LogP contribution in [0.4, 0.5) is 10.1 Å². The van der Waals surface area contributed by atoms with Crippen LogP contribution in [0.25, 0.3) is 5.69 Å². The highest BCUT2D eigenvalue weighted by Crippen LogP contribution is 2.28. The van der Waals surface area contributed by atoms with E-state index in [1.165, 1.54) is 57.6 Å². The lowest BCUT2D eigenvalue weighted by molar-refractivity contribution is 0.102. The monoisotopic (exact) mass is 432 g/mol. The van der Waals surface area contributed by atoms with Gasteiger partial charge in [-0.1, -0.05) is 26.0 Å². The zero-order chi connectivity index (χ0) is 21.9. The first-order valence-corrected chi connectivity index (χ1v) is 10.7. The number of hydrogen-bond acceptors (Lipinski definition) is 5. The zero-order valence-electron chi connectivity index (χ0n) is 16.4. The fraction of sp³-hybridized carbons (Fsp3) is 0.200. The number of anilines is 1. The van der Waals surface area contributed by atoms with E-state index in [9.17, 15) is 22.7 Å². The van der Waals surface area contributed by atoms with E-state index < -0.39 is 21.7 Å². The number of aromatic nitrogens is 2. The molecule has 2 aromatic carbocycles. The van der Waals surface area contributed by atoms with Gasteiger partial charge in [-0.2, -0.15) is 9.40 Å². The molecular weight excluding hydrogens is 411 g/mol. The molecule has 0 radical (unpaired) electrons. The zero-order valence-corrected chi connectivity index (χ0v) is 17.2. The minimum absolute atomic E-state index is 0.0327.